The van der Waals surface area contributed by atoms with Crippen molar-refractivity contribution in [3.05, 3.63) is 16.0 Å². The van der Waals surface area contributed by atoms with Gasteiger partial charge in [0.25, 0.3) is 5.91 Å². The summed E-state index contributed by atoms with van der Waals surface area (Å²) in [4.78, 5) is 26.6. The Labute approximate surface area is 171 Å². The third kappa shape index (κ3) is 6.46. The van der Waals surface area contributed by atoms with Crippen LogP contribution in [0.4, 0.5) is 5.00 Å². The van der Waals surface area contributed by atoms with Gasteiger partial charge < -0.3 is 20.3 Å². The molecule has 1 aromatic heterocycles. The van der Waals surface area contributed by atoms with Gasteiger partial charge in [0.2, 0.25) is 0 Å². The molecular weight excluding hydrogens is 382 g/mol. The zero-order chi connectivity index (χ0) is 20.6. The van der Waals surface area contributed by atoms with Crippen LogP contribution in [-0.4, -0.2) is 49.6 Å². The van der Waals surface area contributed by atoms with E-state index in [1.54, 1.807) is 21.0 Å². The molecule has 0 bridgehead atoms. The Morgan fingerprint density at radius 3 is 2.48 bits per heavy atom. The molecule has 6 nitrogen and oxygen atoms in total. The van der Waals surface area contributed by atoms with Crippen molar-refractivity contribution >= 4 is 45.5 Å². The predicted octanol–water partition coefficient (Wildman–Crippen LogP) is 4.05. The maximum Gasteiger partial charge on any atom is 0.341 e. The first-order valence-corrected chi connectivity index (χ1v) is 10.5. The van der Waals surface area contributed by atoms with E-state index in [9.17, 15) is 9.59 Å². The molecule has 152 valence electrons. The molecule has 0 aliphatic rings. The molecule has 0 aromatic carbocycles. The number of carbonyl (C=O) groups is 2. The van der Waals surface area contributed by atoms with Gasteiger partial charge in [0.15, 0.2) is 5.11 Å². The van der Waals surface area contributed by atoms with Crippen molar-refractivity contribution in [1.29, 1.82) is 0 Å². The normalized spacial score (nSPS) is 11.6. The van der Waals surface area contributed by atoms with Crippen molar-refractivity contribution in [2.24, 2.45) is 5.92 Å². The fraction of sp³-hybridized carbons (Fsp3) is 0.632. The SMILES string of the molecule is CCCCC(CC)CNC(=S)Nc1sc(C(=O)N(C)C)c(C)c1C(=O)OC. The van der Waals surface area contributed by atoms with Crippen LogP contribution in [0.1, 0.15) is 65.1 Å². The fourth-order valence-electron chi connectivity index (χ4n) is 2.68. The van der Waals surface area contributed by atoms with Crippen LogP contribution in [0.25, 0.3) is 0 Å². The van der Waals surface area contributed by atoms with Crippen molar-refractivity contribution in [3.63, 3.8) is 0 Å². The van der Waals surface area contributed by atoms with Crippen LogP contribution in [0.15, 0.2) is 0 Å². The van der Waals surface area contributed by atoms with Gasteiger partial charge in [-0.25, -0.2) is 4.79 Å². The molecule has 0 radical (unpaired) electrons. The van der Waals surface area contributed by atoms with E-state index in [0.29, 0.717) is 32.0 Å². The lowest BCUT2D eigenvalue weighted by Gasteiger charge is -2.17. The standard InChI is InChI=1S/C19H31N3O3S2/c1-7-9-10-13(8-2)11-20-19(26)21-16-14(18(24)25-6)12(3)15(27-16)17(23)22(4)5/h13H,7-11H2,1-6H3,(H2,20,21,26). The average Bonchev–Trinajstić information content (AvgIpc) is 2.96. The Morgan fingerprint density at radius 2 is 1.96 bits per heavy atom. The number of methoxy groups -OCH3 is 1. The number of hydrogen-bond acceptors (Lipinski definition) is 5. The van der Waals surface area contributed by atoms with E-state index in [-0.39, 0.29) is 5.91 Å². The number of rotatable bonds is 9. The zero-order valence-electron chi connectivity index (χ0n) is 17.1. The van der Waals surface area contributed by atoms with Gasteiger partial charge in [0.1, 0.15) is 5.00 Å². The second kappa shape index (κ2) is 11.2. The largest absolute Gasteiger partial charge is 0.465 e. The van der Waals surface area contributed by atoms with Crippen LogP contribution in [0.5, 0.6) is 0 Å². The summed E-state index contributed by atoms with van der Waals surface area (Å²) in [5.41, 5.74) is 0.958. The number of ether oxygens (including phenoxy) is 1. The highest BCUT2D eigenvalue weighted by Gasteiger charge is 2.26. The third-order valence-electron chi connectivity index (χ3n) is 4.46. The Balaban J connectivity index is 2.94. The molecule has 0 aliphatic carbocycles. The van der Waals surface area contributed by atoms with Crippen LogP contribution >= 0.6 is 23.6 Å². The second-order valence-corrected chi connectivity index (χ2v) is 8.13. The molecule has 8 heteroatoms. The number of amides is 1. The number of nitrogens with one attached hydrogen (secondary N) is 2. The van der Waals surface area contributed by atoms with Crippen LogP contribution < -0.4 is 10.6 Å². The van der Waals surface area contributed by atoms with Crippen molar-refractivity contribution in [2.45, 2.75) is 46.5 Å². The molecule has 1 aromatic rings. The minimum absolute atomic E-state index is 0.153. The Kier molecular flexibility index (Phi) is 9.73. The van der Waals surface area contributed by atoms with Crippen molar-refractivity contribution in [3.8, 4) is 0 Å². The summed E-state index contributed by atoms with van der Waals surface area (Å²) in [5, 5.41) is 7.29. The molecule has 0 aliphatic heterocycles. The van der Waals surface area contributed by atoms with Crippen LogP contribution in [0.3, 0.4) is 0 Å². The number of carbonyl (C=O) groups excluding carboxylic acids is 2. The molecular formula is C19H31N3O3S2. The molecule has 1 unspecified atom stereocenters. The lowest BCUT2D eigenvalue weighted by molar-refractivity contribution is 0.0601. The smallest absolute Gasteiger partial charge is 0.341 e. The molecule has 1 heterocycles. The van der Waals surface area contributed by atoms with Crippen LogP contribution in [0, 0.1) is 12.8 Å². The average molecular weight is 414 g/mol. The van der Waals surface area contributed by atoms with Crippen LogP contribution in [0.2, 0.25) is 0 Å². The molecule has 27 heavy (non-hydrogen) atoms. The maximum absolute atomic E-state index is 12.4. The number of hydrogen-bond donors (Lipinski definition) is 2. The number of esters is 1. The van der Waals surface area contributed by atoms with Gasteiger partial charge in [-0.1, -0.05) is 33.1 Å². The number of unbranched alkanes of at least 4 members (excludes halogenated alkanes) is 1. The number of thiocarbonyl (C=S) groups is 1. The van der Waals surface area contributed by atoms with Gasteiger partial charge in [-0.2, -0.15) is 0 Å². The van der Waals surface area contributed by atoms with Gasteiger partial charge in [-0.15, -0.1) is 11.3 Å². The highest BCUT2D eigenvalue weighted by molar-refractivity contribution is 7.80. The van der Waals surface area contributed by atoms with E-state index in [1.165, 1.54) is 36.2 Å². The molecule has 0 saturated carbocycles. The van der Waals surface area contributed by atoms with Gasteiger partial charge >= 0.3 is 5.97 Å². The molecule has 0 spiro atoms. The lowest BCUT2D eigenvalue weighted by Crippen LogP contribution is -2.33. The number of thiophene rings is 1. The molecule has 1 amide bonds. The van der Waals surface area contributed by atoms with Gasteiger partial charge in [-0.3, -0.25) is 4.79 Å². The Morgan fingerprint density at radius 1 is 1.30 bits per heavy atom. The monoisotopic (exact) mass is 413 g/mol. The summed E-state index contributed by atoms with van der Waals surface area (Å²) < 4.78 is 4.89. The second-order valence-electron chi connectivity index (χ2n) is 6.70. The first kappa shape index (κ1) is 23.4. The van der Waals surface area contributed by atoms with Crippen LogP contribution in [-0.2, 0) is 4.74 Å². The van der Waals surface area contributed by atoms with E-state index in [0.717, 1.165) is 19.4 Å². The molecule has 0 saturated heterocycles. The summed E-state index contributed by atoms with van der Waals surface area (Å²) in [6, 6.07) is 0. The first-order valence-electron chi connectivity index (χ1n) is 9.24. The number of nitrogens with zero attached hydrogens (tertiary/aromatic N) is 1. The summed E-state index contributed by atoms with van der Waals surface area (Å²) in [6.45, 7) is 6.89. The van der Waals surface area contributed by atoms with Gasteiger partial charge in [-0.05, 0) is 37.0 Å². The minimum atomic E-state index is -0.485. The van der Waals surface area contributed by atoms with E-state index < -0.39 is 5.97 Å². The Bertz CT molecular complexity index is 671. The summed E-state index contributed by atoms with van der Waals surface area (Å²) in [5.74, 6) is -0.0813. The lowest BCUT2D eigenvalue weighted by atomic mass is 9.99. The minimum Gasteiger partial charge on any atom is -0.465 e. The van der Waals surface area contributed by atoms with E-state index >= 15 is 0 Å². The molecule has 1 atom stereocenters. The van der Waals surface area contributed by atoms with Crippen molar-refractivity contribution in [2.75, 3.05) is 33.1 Å². The first-order chi connectivity index (χ1) is 12.8. The van der Waals surface area contributed by atoms with Gasteiger partial charge in [0, 0.05) is 20.6 Å². The van der Waals surface area contributed by atoms with Crippen molar-refractivity contribution < 1.29 is 14.3 Å². The summed E-state index contributed by atoms with van der Waals surface area (Å²) >= 11 is 6.62. The van der Waals surface area contributed by atoms with E-state index in [4.69, 9.17) is 17.0 Å². The topological polar surface area (TPSA) is 70.7 Å². The van der Waals surface area contributed by atoms with E-state index in [2.05, 4.69) is 24.5 Å². The van der Waals surface area contributed by atoms with E-state index in [1.807, 2.05) is 0 Å². The quantitative estimate of drug-likeness (QED) is 0.470. The zero-order valence-corrected chi connectivity index (χ0v) is 18.7. The summed E-state index contributed by atoms with van der Waals surface area (Å²) in [6.07, 6.45) is 4.63. The number of anilines is 1. The van der Waals surface area contributed by atoms with Crippen molar-refractivity contribution in [1.82, 2.24) is 10.2 Å². The Hall–Kier alpha value is -1.67. The molecule has 1 rings (SSSR count). The molecule has 2 N–H and O–H groups in total. The van der Waals surface area contributed by atoms with Gasteiger partial charge in [0.05, 0.1) is 17.6 Å². The summed E-state index contributed by atoms with van der Waals surface area (Å²) in [7, 11) is 4.69. The fourth-order valence-corrected chi connectivity index (χ4v) is 4.15. The maximum atomic E-state index is 12.4. The highest BCUT2D eigenvalue weighted by Crippen LogP contribution is 2.34. The molecule has 0 fully saturated rings. The predicted molar refractivity (Wildman–Crippen MR) is 116 cm³/mol. The highest BCUT2D eigenvalue weighted by atomic mass is 32.1. The third-order valence-corrected chi connectivity index (χ3v) is 5.90.